The molecule has 0 radical (unpaired) electrons. The fourth-order valence-corrected chi connectivity index (χ4v) is 3.24. The Bertz CT molecular complexity index is 860. The number of para-hydroxylation sites is 2. The van der Waals surface area contributed by atoms with Crippen molar-refractivity contribution in [2.45, 2.75) is 6.04 Å². The van der Waals surface area contributed by atoms with Crippen LogP contribution < -0.4 is 9.47 Å². The van der Waals surface area contributed by atoms with Gasteiger partial charge in [0.15, 0.2) is 18.1 Å². The fraction of sp³-hybridized carbons (Fsp3) is 0.333. The number of ether oxygens (including phenoxy) is 2. The van der Waals surface area contributed by atoms with Crippen LogP contribution in [0.2, 0.25) is 0 Å². The van der Waals surface area contributed by atoms with Gasteiger partial charge in [-0.2, -0.15) is 5.26 Å². The number of hydrogen-bond donors (Lipinski definition) is 0. The first-order chi connectivity index (χ1) is 13.6. The maximum Gasteiger partial charge on any atom is 0.260 e. The Kier molecular flexibility index (Phi) is 6.45. The number of hydrogen-bond acceptors (Lipinski definition) is 5. The molecule has 1 amide bonds. The smallest absolute Gasteiger partial charge is 0.260 e. The number of halogens is 1. The molecule has 1 heterocycles. The van der Waals surface area contributed by atoms with Crippen LogP contribution in [0.1, 0.15) is 11.6 Å². The quantitative estimate of drug-likeness (QED) is 0.767. The van der Waals surface area contributed by atoms with Gasteiger partial charge in [-0.15, -0.1) is 0 Å². The molecule has 1 atom stereocenters. The average Bonchev–Trinajstić information content (AvgIpc) is 2.74. The Morgan fingerprint density at radius 1 is 1.11 bits per heavy atom. The minimum absolute atomic E-state index is 0.0879. The molecule has 0 aliphatic carbocycles. The number of methoxy groups -OCH3 is 1. The van der Waals surface area contributed by atoms with Crippen molar-refractivity contribution in [3.05, 3.63) is 59.9 Å². The number of benzene rings is 2. The van der Waals surface area contributed by atoms with Crippen molar-refractivity contribution in [3.63, 3.8) is 0 Å². The zero-order valence-electron chi connectivity index (χ0n) is 15.7. The standard InChI is InChI=1S/C21H22FN3O3/c1-27-19-8-4-5-9-20(19)28-15-21(26)25-12-10-24(11-13-25)18(14-23)16-6-2-3-7-17(16)22/h2-9,18H,10-13,15H2,1H3. The van der Waals surface area contributed by atoms with Crippen LogP contribution in [0.25, 0.3) is 0 Å². The molecule has 0 spiro atoms. The molecule has 146 valence electrons. The maximum absolute atomic E-state index is 14.0. The summed E-state index contributed by atoms with van der Waals surface area (Å²) in [6.07, 6.45) is 0. The van der Waals surface area contributed by atoms with E-state index < -0.39 is 11.9 Å². The third kappa shape index (κ3) is 4.41. The number of nitrogens with zero attached hydrogens (tertiary/aromatic N) is 3. The number of amides is 1. The molecular formula is C21H22FN3O3. The van der Waals surface area contributed by atoms with Crippen LogP contribution in [-0.2, 0) is 4.79 Å². The lowest BCUT2D eigenvalue weighted by Gasteiger charge is -2.37. The van der Waals surface area contributed by atoms with E-state index in [4.69, 9.17) is 9.47 Å². The molecule has 0 bridgehead atoms. The molecule has 2 aromatic carbocycles. The van der Waals surface area contributed by atoms with Gasteiger partial charge >= 0.3 is 0 Å². The second-order valence-electron chi connectivity index (χ2n) is 6.41. The summed E-state index contributed by atoms with van der Waals surface area (Å²) in [5.74, 6) is 0.561. The Morgan fingerprint density at radius 3 is 2.39 bits per heavy atom. The Labute approximate surface area is 163 Å². The number of carbonyl (C=O) groups is 1. The van der Waals surface area contributed by atoms with Gasteiger partial charge in [0.1, 0.15) is 11.9 Å². The maximum atomic E-state index is 14.0. The first-order valence-corrected chi connectivity index (χ1v) is 9.05. The van der Waals surface area contributed by atoms with Gasteiger partial charge < -0.3 is 14.4 Å². The minimum atomic E-state index is -0.664. The van der Waals surface area contributed by atoms with E-state index in [9.17, 15) is 14.4 Å². The van der Waals surface area contributed by atoms with Crippen LogP contribution in [-0.4, -0.2) is 55.6 Å². The van der Waals surface area contributed by atoms with Gasteiger partial charge in [0.2, 0.25) is 0 Å². The third-order valence-corrected chi connectivity index (χ3v) is 4.77. The molecular weight excluding hydrogens is 361 g/mol. The largest absolute Gasteiger partial charge is 0.493 e. The van der Waals surface area contributed by atoms with Crippen molar-refractivity contribution in [2.75, 3.05) is 39.9 Å². The molecule has 0 N–H and O–H groups in total. The second-order valence-corrected chi connectivity index (χ2v) is 6.41. The summed E-state index contributed by atoms with van der Waals surface area (Å²) in [6.45, 7) is 1.82. The zero-order chi connectivity index (χ0) is 19.9. The van der Waals surface area contributed by atoms with E-state index in [1.165, 1.54) is 6.07 Å². The van der Waals surface area contributed by atoms with E-state index in [1.807, 2.05) is 17.0 Å². The summed E-state index contributed by atoms with van der Waals surface area (Å²) >= 11 is 0. The van der Waals surface area contributed by atoms with Gasteiger partial charge in [-0.1, -0.05) is 30.3 Å². The van der Waals surface area contributed by atoms with Crippen LogP contribution in [0.3, 0.4) is 0 Å². The van der Waals surface area contributed by atoms with Crippen molar-refractivity contribution < 1.29 is 18.7 Å². The van der Waals surface area contributed by atoms with Gasteiger partial charge in [0, 0.05) is 31.7 Å². The van der Waals surface area contributed by atoms with Crippen LogP contribution >= 0.6 is 0 Å². The lowest BCUT2D eigenvalue weighted by Crippen LogP contribution is -2.50. The van der Waals surface area contributed by atoms with Crippen molar-refractivity contribution in [1.82, 2.24) is 9.80 Å². The molecule has 1 fully saturated rings. The lowest BCUT2D eigenvalue weighted by atomic mass is 10.0. The Morgan fingerprint density at radius 2 is 1.75 bits per heavy atom. The van der Waals surface area contributed by atoms with Gasteiger partial charge in [0.05, 0.1) is 13.2 Å². The van der Waals surface area contributed by atoms with Crippen molar-refractivity contribution >= 4 is 5.91 Å². The molecule has 1 saturated heterocycles. The normalized spacial score (nSPS) is 15.5. The first-order valence-electron chi connectivity index (χ1n) is 9.05. The average molecular weight is 383 g/mol. The number of nitriles is 1. The van der Waals surface area contributed by atoms with Crippen LogP contribution in [0, 0.1) is 17.1 Å². The summed E-state index contributed by atoms with van der Waals surface area (Å²) in [4.78, 5) is 16.0. The molecule has 1 aliphatic rings. The molecule has 2 aromatic rings. The van der Waals surface area contributed by atoms with Crippen LogP contribution in [0.4, 0.5) is 4.39 Å². The SMILES string of the molecule is COc1ccccc1OCC(=O)N1CCN(C(C#N)c2ccccc2F)CC1. The molecule has 7 heteroatoms. The minimum Gasteiger partial charge on any atom is -0.493 e. The van der Waals surface area contributed by atoms with Crippen LogP contribution in [0.15, 0.2) is 48.5 Å². The molecule has 1 unspecified atom stereocenters. The predicted octanol–water partition coefficient (Wildman–Crippen LogP) is 2.62. The molecule has 28 heavy (non-hydrogen) atoms. The van der Waals surface area contributed by atoms with Crippen molar-refractivity contribution in [1.29, 1.82) is 5.26 Å². The molecule has 1 aliphatic heterocycles. The highest BCUT2D eigenvalue weighted by atomic mass is 19.1. The van der Waals surface area contributed by atoms with E-state index in [1.54, 1.807) is 42.3 Å². The number of rotatable bonds is 6. The summed E-state index contributed by atoms with van der Waals surface area (Å²) < 4.78 is 24.8. The third-order valence-electron chi connectivity index (χ3n) is 4.77. The summed E-state index contributed by atoms with van der Waals surface area (Å²) in [7, 11) is 1.55. The summed E-state index contributed by atoms with van der Waals surface area (Å²) in [5.41, 5.74) is 0.365. The highest BCUT2D eigenvalue weighted by Crippen LogP contribution is 2.26. The van der Waals surface area contributed by atoms with E-state index in [-0.39, 0.29) is 12.5 Å². The Balaban J connectivity index is 1.55. The van der Waals surface area contributed by atoms with E-state index >= 15 is 0 Å². The predicted molar refractivity (Wildman–Crippen MR) is 101 cm³/mol. The van der Waals surface area contributed by atoms with Crippen LogP contribution in [0.5, 0.6) is 11.5 Å². The van der Waals surface area contributed by atoms with Crippen molar-refractivity contribution in [3.8, 4) is 17.6 Å². The topological polar surface area (TPSA) is 65.8 Å². The molecule has 6 nitrogen and oxygen atoms in total. The highest BCUT2D eigenvalue weighted by Gasteiger charge is 2.28. The van der Waals surface area contributed by atoms with E-state index in [2.05, 4.69) is 6.07 Å². The Hall–Kier alpha value is -3.11. The number of carbonyl (C=O) groups excluding carboxylic acids is 1. The lowest BCUT2D eigenvalue weighted by molar-refractivity contribution is -0.135. The fourth-order valence-electron chi connectivity index (χ4n) is 3.24. The number of piperazine rings is 1. The molecule has 3 rings (SSSR count). The van der Waals surface area contributed by atoms with Gasteiger partial charge in [-0.25, -0.2) is 4.39 Å². The van der Waals surface area contributed by atoms with Gasteiger partial charge in [0.25, 0.3) is 5.91 Å². The summed E-state index contributed by atoms with van der Waals surface area (Å²) in [5, 5.41) is 9.52. The van der Waals surface area contributed by atoms with E-state index in [0.29, 0.717) is 43.2 Å². The zero-order valence-corrected chi connectivity index (χ0v) is 15.7. The van der Waals surface area contributed by atoms with E-state index in [0.717, 1.165) is 0 Å². The van der Waals surface area contributed by atoms with Crippen molar-refractivity contribution in [2.24, 2.45) is 0 Å². The monoisotopic (exact) mass is 383 g/mol. The molecule has 0 saturated carbocycles. The van der Waals surface area contributed by atoms with Gasteiger partial charge in [-0.3, -0.25) is 9.69 Å². The molecule has 0 aromatic heterocycles. The second kappa shape index (κ2) is 9.20. The highest BCUT2D eigenvalue weighted by molar-refractivity contribution is 5.78. The first kappa shape index (κ1) is 19.6. The summed E-state index contributed by atoms with van der Waals surface area (Å²) in [6, 6.07) is 15.0. The van der Waals surface area contributed by atoms with Gasteiger partial charge in [-0.05, 0) is 18.2 Å².